The summed E-state index contributed by atoms with van der Waals surface area (Å²) < 4.78 is 1.68. The topological polar surface area (TPSA) is 127 Å². The van der Waals surface area contributed by atoms with Gasteiger partial charge < -0.3 is 20.2 Å². The Hall–Kier alpha value is -4.81. The summed E-state index contributed by atoms with van der Waals surface area (Å²) in [6.45, 7) is 1.42. The number of aromatic hydroxyl groups is 1. The molecule has 2 atom stereocenters. The highest BCUT2D eigenvalue weighted by Gasteiger charge is 2.49. The van der Waals surface area contributed by atoms with Gasteiger partial charge in [0.15, 0.2) is 0 Å². The Kier molecular flexibility index (Phi) is 8.98. The monoisotopic (exact) mass is 584 g/mol. The van der Waals surface area contributed by atoms with Crippen molar-refractivity contribution in [2.75, 3.05) is 27.2 Å². The van der Waals surface area contributed by atoms with E-state index < -0.39 is 12.2 Å². The lowest BCUT2D eigenvalue weighted by molar-refractivity contribution is -0.196. The molecule has 6 rings (SSSR count). The standard InChI is InChI=1S/C23H25N7O4.C8H11N/c1-26-13-21(33)30-19(10-15-6-8-17(32)9-7-15)23(34)28(12-20(30)29(26)14-31)11-16-4-3-5-18-22(16)24-25-27(18)2;1-9-7-8-5-3-2-4-6-8/h3-9,14,19-20,32H,10-13H2,1-2H3;2-6,9H,7H2,1H3/t19-,20?;/m0./s1. The maximum absolute atomic E-state index is 13.7. The third-order valence-electron chi connectivity index (χ3n) is 7.77. The molecule has 2 N–H and O–H groups in total. The van der Waals surface area contributed by atoms with Gasteiger partial charge in [0.2, 0.25) is 18.2 Å². The van der Waals surface area contributed by atoms with Crippen LogP contribution in [0.25, 0.3) is 11.0 Å². The number of hydrogen-bond donors (Lipinski definition) is 2. The van der Waals surface area contributed by atoms with Gasteiger partial charge >= 0.3 is 0 Å². The summed E-state index contributed by atoms with van der Waals surface area (Å²) in [6, 6.07) is 21.8. The molecule has 3 heterocycles. The quantitative estimate of drug-likeness (QED) is 0.313. The van der Waals surface area contributed by atoms with E-state index in [0.717, 1.165) is 23.2 Å². The summed E-state index contributed by atoms with van der Waals surface area (Å²) in [5.74, 6) is -0.287. The lowest BCUT2D eigenvalue weighted by Crippen LogP contribution is -2.74. The predicted molar refractivity (Wildman–Crippen MR) is 160 cm³/mol. The number of nitrogens with zero attached hydrogens (tertiary/aromatic N) is 7. The van der Waals surface area contributed by atoms with Crippen molar-refractivity contribution in [1.29, 1.82) is 0 Å². The van der Waals surface area contributed by atoms with Crippen LogP contribution in [0.5, 0.6) is 5.75 Å². The first kappa shape index (κ1) is 29.7. The molecule has 2 aliphatic rings. The third kappa shape index (κ3) is 6.35. The molecule has 2 saturated heterocycles. The highest BCUT2D eigenvalue weighted by Crippen LogP contribution is 2.29. The van der Waals surface area contributed by atoms with E-state index in [0.29, 0.717) is 11.9 Å². The number of rotatable bonds is 7. The molecule has 1 unspecified atom stereocenters. The highest BCUT2D eigenvalue weighted by atomic mass is 16.3. The molecule has 4 aromatic rings. The fraction of sp³-hybridized carbons (Fsp3) is 0.323. The fourth-order valence-electron chi connectivity index (χ4n) is 5.63. The Bertz CT molecular complexity index is 1580. The number of carbonyl (C=O) groups excluding carboxylic acids is 3. The lowest BCUT2D eigenvalue weighted by Gasteiger charge is -2.53. The molecule has 2 fully saturated rings. The van der Waals surface area contributed by atoms with Crippen molar-refractivity contribution >= 4 is 29.3 Å². The van der Waals surface area contributed by atoms with Gasteiger partial charge in [-0.2, -0.15) is 0 Å². The van der Waals surface area contributed by atoms with Crippen LogP contribution in [0.2, 0.25) is 0 Å². The van der Waals surface area contributed by atoms with Gasteiger partial charge in [0.1, 0.15) is 23.5 Å². The molecule has 3 amide bonds. The number of aromatic nitrogens is 3. The molecular weight excluding hydrogens is 548 g/mol. The maximum atomic E-state index is 13.7. The summed E-state index contributed by atoms with van der Waals surface area (Å²) in [5.41, 5.74) is 4.53. The normalized spacial score (nSPS) is 18.8. The summed E-state index contributed by atoms with van der Waals surface area (Å²) in [5, 5.41) is 24.1. The maximum Gasteiger partial charge on any atom is 0.246 e. The minimum Gasteiger partial charge on any atom is -0.508 e. The van der Waals surface area contributed by atoms with Gasteiger partial charge in [0.25, 0.3) is 0 Å². The van der Waals surface area contributed by atoms with Crippen LogP contribution in [0.1, 0.15) is 16.7 Å². The van der Waals surface area contributed by atoms with E-state index in [2.05, 4.69) is 27.8 Å². The first-order valence-electron chi connectivity index (χ1n) is 14.1. The summed E-state index contributed by atoms with van der Waals surface area (Å²) >= 11 is 0. The number of benzene rings is 3. The van der Waals surface area contributed by atoms with E-state index >= 15 is 0 Å². The SMILES string of the molecule is CN1CC(=O)N2C(CN(Cc3cccc4c3nnn4C)C(=O)[C@@H]2Cc2ccc(O)cc2)N1C=O.CNCc1ccccc1. The molecule has 0 saturated carbocycles. The van der Waals surface area contributed by atoms with E-state index in [1.807, 2.05) is 50.5 Å². The molecule has 43 heavy (non-hydrogen) atoms. The number of hydrogen-bond acceptors (Lipinski definition) is 8. The number of piperazine rings is 1. The van der Waals surface area contributed by atoms with Crippen LogP contribution in [0, 0.1) is 0 Å². The van der Waals surface area contributed by atoms with Crippen molar-refractivity contribution in [3.8, 4) is 5.75 Å². The van der Waals surface area contributed by atoms with Crippen LogP contribution in [0.3, 0.4) is 0 Å². The predicted octanol–water partition coefficient (Wildman–Crippen LogP) is 1.51. The molecule has 12 nitrogen and oxygen atoms in total. The van der Waals surface area contributed by atoms with Crippen LogP contribution in [-0.4, -0.2) is 97.5 Å². The molecule has 0 bridgehead atoms. The van der Waals surface area contributed by atoms with Crippen LogP contribution in [0.15, 0.2) is 72.8 Å². The molecule has 0 radical (unpaired) electrons. The fourth-order valence-corrected chi connectivity index (χ4v) is 5.63. The number of aryl methyl sites for hydroxylation is 1. The molecule has 1 aromatic heterocycles. The zero-order chi connectivity index (χ0) is 30.5. The zero-order valence-electron chi connectivity index (χ0n) is 24.5. The van der Waals surface area contributed by atoms with Gasteiger partial charge in [-0.3, -0.25) is 19.4 Å². The lowest BCUT2D eigenvalue weighted by atomic mass is 9.98. The Morgan fingerprint density at radius 3 is 2.42 bits per heavy atom. The number of hydrazine groups is 1. The van der Waals surface area contributed by atoms with Crippen molar-refractivity contribution in [2.45, 2.75) is 31.7 Å². The zero-order valence-corrected chi connectivity index (χ0v) is 24.5. The minimum absolute atomic E-state index is 0.00745. The van der Waals surface area contributed by atoms with Crippen molar-refractivity contribution in [1.82, 2.24) is 40.1 Å². The van der Waals surface area contributed by atoms with Crippen molar-refractivity contribution < 1.29 is 19.5 Å². The van der Waals surface area contributed by atoms with Crippen molar-refractivity contribution in [2.24, 2.45) is 7.05 Å². The second-order valence-corrected chi connectivity index (χ2v) is 10.7. The summed E-state index contributed by atoms with van der Waals surface area (Å²) in [6.07, 6.45) is 0.340. The number of likely N-dealkylation sites (N-methyl/N-ethyl adjacent to an activating group) is 1. The Balaban J connectivity index is 0.000000351. The van der Waals surface area contributed by atoms with E-state index in [4.69, 9.17) is 0 Å². The minimum atomic E-state index is -0.784. The number of phenolic OH excluding ortho intramolecular Hbond substituents is 1. The van der Waals surface area contributed by atoms with Gasteiger partial charge in [-0.25, -0.2) is 9.69 Å². The molecule has 224 valence electrons. The smallest absolute Gasteiger partial charge is 0.246 e. The highest BCUT2D eigenvalue weighted by molar-refractivity contribution is 5.91. The Morgan fingerprint density at radius 1 is 0.977 bits per heavy atom. The average molecular weight is 585 g/mol. The number of fused-ring (bicyclic) bond motifs is 2. The van der Waals surface area contributed by atoms with Gasteiger partial charge in [-0.15, -0.1) is 5.10 Å². The van der Waals surface area contributed by atoms with E-state index in [1.165, 1.54) is 15.5 Å². The van der Waals surface area contributed by atoms with E-state index in [1.54, 1.807) is 45.9 Å². The van der Waals surface area contributed by atoms with Gasteiger partial charge in [-0.05, 0) is 36.4 Å². The molecule has 0 spiro atoms. The van der Waals surface area contributed by atoms with Gasteiger partial charge in [0, 0.05) is 39.2 Å². The number of carbonyl (C=O) groups is 3. The van der Waals surface area contributed by atoms with E-state index in [-0.39, 0.29) is 43.6 Å². The average Bonchev–Trinajstić information content (AvgIpc) is 3.39. The largest absolute Gasteiger partial charge is 0.508 e. The third-order valence-corrected chi connectivity index (χ3v) is 7.77. The number of nitrogens with one attached hydrogen (secondary N) is 1. The molecule has 2 aliphatic heterocycles. The molecule has 12 heteroatoms. The van der Waals surface area contributed by atoms with Crippen LogP contribution < -0.4 is 5.32 Å². The van der Waals surface area contributed by atoms with Gasteiger partial charge in [0.05, 0.1) is 18.6 Å². The first-order chi connectivity index (χ1) is 20.8. The second kappa shape index (κ2) is 13.0. The van der Waals surface area contributed by atoms with Crippen LogP contribution >= 0.6 is 0 Å². The Morgan fingerprint density at radius 2 is 1.72 bits per heavy atom. The summed E-state index contributed by atoms with van der Waals surface area (Å²) in [7, 11) is 5.44. The Labute approximate surface area is 250 Å². The molecule has 3 aromatic carbocycles. The van der Waals surface area contributed by atoms with Crippen LogP contribution in [0.4, 0.5) is 0 Å². The second-order valence-electron chi connectivity index (χ2n) is 10.7. The van der Waals surface area contributed by atoms with Gasteiger partial charge in [-0.1, -0.05) is 59.8 Å². The molecule has 0 aliphatic carbocycles. The van der Waals surface area contributed by atoms with Crippen LogP contribution in [-0.2, 0) is 40.9 Å². The molecular formula is C31H36N8O4. The van der Waals surface area contributed by atoms with Crippen molar-refractivity contribution in [3.63, 3.8) is 0 Å². The number of amides is 3. The number of phenols is 1. The first-order valence-corrected chi connectivity index (χ1v) is 14.1. The summed E-state index contributed by atoms with van der Waals surface area (Å²) in [4.78, 5) is 42.0. The van der Waals surface area contributed by atoms with Crippen molar-refractivity contribution in [3.05, 3.63) is 89.5 Å². The van der Waals surface area contributed by atoms with E-state index in [9.17, 15) is 19.5 Å².